The fraction of sp³-hybridized carbons (Fsp3) is 0.556. The summed E-state index contributed by atoms with van der Waals surface area (Å²) in [5.74, 6) is -2.60. The van der Waals surface area contributed by atoms with E-state index in [2.05, 4.69) is 17.9 Å². The number of esters is 1. The van der Waals surface area contributed by atoms with Gasteiger partial charge in [-0.05, 0) is 127 Å². The third-order valence-electron chi connectivity index (χ3n) is 8.90. The molecule has 2 fully saturated rings. The number of carbonyl (C=O) groups excluding carboxylic acids is 2. The van der Waals surface area contributed by atoms with Gasteiger partial charge in [0.2, 0.25) is 0 Å². The topological polar surface area (TPSA) is 60.8 Å². The lowest BCUT2D eigenvalue weighted by Crippen LogP contribution is -2.54. The second-order valence-corrected chi connectivity index (χ2v) is 14.8. The first-order valence-electron chi connectivity index (χ1n) is 15.7. The largest absolute Gasteiger partial charge is 0.456 e. The summed E-state index contributed by atoms with van der Waals surface area (Å²) >= 11 is 0. The number of carbonyl (C=O) groups is 2. The summed E-state index contributed by atoms with van der Waals surface area (Å²) in [6.07, 6.45) is 2.87. The quantitative estimate of drug-likeness (QED) is 0.272. The molecule has 0 unspecified atom stereocenters. The molecule has 1 aliphatic heterocycles. The predicted molar refractivity (Wildman–Crippen MR) is 169 cm³/mol. The average molecular weight is 609 g/mol. The highest BCUT2D eigenvalue weighted by Crippen LogP contribution is 2.45. The van der Waals surface area contributed by atoms with Crippen LogP contribution in [0.2, 0.25) is 0 Å². The molecule has 6 nitrogen and oxygen atoms in total. The van der Waals surface area contributed by atoms with Crippen LogP contribution in [0.4, 0.5) is 13.6 Å². The lowest BCUT2D eigenvalue weighted by molar-refractivity contribution is -0.130. The molecular weight excluding hydrogens is 562 g/mol. The molecule has 44 heavy (non-hydrogen) atoms. The Balaban J connectivity index is 1.46. The zero-order valence-corrected chi connectivity index (χ0v) is 27.3. The molecule has 5 rings (SSSR count). The number of fused-ring (bicyclic) bond motifs is 1. The van der Waals surface area contributed by atoms with E-state index in [1.807, 2.05) is 78.8 Å². The van der Waals surface area contributed by atoms with Gasteiger partial charge in [-0.2, -0.15) is 0 Å². The molecule has 0 spiro atoms. The number of benzene rings is 2. The van der Waals surface area contributed by atoms with Gasteiger partial charge in [0.15, 0.2) is 0 Å². The fourth-order valence-electron chi connectivity index (χ4n) is 6.84. The summed E-state index contributed by atoms with van der Waals surface area (Å²) in [4.78, 5) is 28.0. The number of rotatable bonds is 5. The Morgan fingerprint density at radius 3 is 2.16 bits per heavy atom. The van der Waals surface area contributed by atoms with Crippen molar-refractivity contribution in [3.8, 4) is 0 Å². The van der Waals surface area contributed by atoms with Crippen LogP contribution in [0.15, 0.2) is 42.6 Å². The van der Waals surface area contributed by atoms with Crippen molar-refractivity contribution in [2.75, 3.05) is 13.1 Å². The van der Waals surface area contributed by atoms with Gasteiger partial charge in [0, 0.05) is 37.0 Å². The maximum absolute atomic E-state index is 13.8. The molecular formula is C36H46F2N2O4. The van der Waals surface area contributed by atoms with Crippen LogP contribution >= 0.6 is 0 Å². The van der Waals surface area contributed by atoms with Gasteiger partial charge in [-0.25, -0.2) is 18.4 Å². The van der Waals surface area contributed by atoms with Gasteiger partial charge in [0.05, 0.1) is 11.1 Å². The molecule has 2 atom stereocenters. The first-order valence-corrected chi connectivity index (χ1v) is 15.7. The van der Waals surface area contributed by atoms with Gasteiger partial charge in [0.25, 0.3) is 5.92 Å². The van der Waals surface area contributed by atoms with E-state index in [9.17, 15) is 18.4 Å². The number of aromatic nitrogens is 1. The molecule has 0 bridgehead atoms. The van der Waals surface area contributed by atoms with E-state index in [-0.39, 0.29) is 36.7 Å². The normalized spacial score (nSPS) is 21.2. The molecule has 1 saturated carbocycles. The van der Waals surface area contributed by atoms with Crippen LogP contribution in [-0.2, 0) is 15.9 Å². The summed E-state index contributed by atoms with van der Waals surface area (Å²) in [6.45, 7) is 16.7. The second kappa shape index (κ2) is 11.6. The van der Waals surface area contributed by atoms with Gasteiger partial charge in [-0.1, -0.05) is 18.2 Å². The Labute approximate surface area is 259 Å². The zero-order chi connectivity index (χ0) is 32.2. The number of hydrogen-bond donors (Lipinski definition) is 0. The number of piperidine rings is 1. The van der Waals surface area contributed by atoms with Crippen molar-refractivity contribution in [2.24, 2.45) is 5.92 Å². The Hall–Kier alpha value is -3.26. The summed E-state index contributed by atoms with van der Waals surface area (Å²) in [6, 6.07) is 11.6. The average Bonchev–Trinajstić information content (AvgIpc) is 3.34. The van der Waals surface area contributed by atoms with Crippen LogP contribution in [0.3, 0.4) is 0 Å². The molecule has 1 aliphatic carbocycles. The van der Waals surface area contributed by atoms with Crippen LogP contribution in [0.1, 0.15) is 99.3 Å². The van der Waals surface area contributed by atoms with E-state index < -0.39 is 23.2 Å². The van der Waals surface area contributed by atoms with Crippen LogP contribution in [-0.4, -0.2) is 57.8 Å². The molecule has 0 amide bonds. The van der Waals surface area contributed by atoms with Crippen LogP contribution < -0.4 is 0 Å². The molecule has 0 N–H and O–H groups in total. The van der Waals surface area contributed by atoms with E-state index >= 15 is 0 Å². The van der Waals surface area contributed by atoms with Crippen molar-refractivity contribution in [3.05, 3.63) is 70.4 Å². The van der Waals surface area contributed by atoms with Gasteiger partial charge >= 0.3 is 12.1 Å². The second-order valence-electron chi connectivity index (χ2n) is 14.8. The van der Waals surface area contributed by atoms with Crippen molar-refractivity contribution >= 4 is 23.0 Å². The molecule has 238 valence electrons. The molecule has 2 aromatic carbocycles. The SMILES string of the molecule is Cc1cc(C)c2c(ccn2C(=O)OC(C)(C)C)c1C[C@@H]1CCN(C2CC(F)(F)C2)C[C@H]1c1ccc(C(=O)OC(C)(C)C)cc1. The van der Waals surface area contributed by atoms with E-state index in [0.717, 1.165) is 47.0 Å². The zero-order valence-electron chi connectivity index (χ0n) is 27.3. The first-order chi connectivity index (χ1) is 20.4. The third-order valence-corrected chi connectivity index (χ3v) is 8.90. The van der Waals surface area contributed by atoms with E-state index in [1.165, 1.54) is 5.56 Å². The highest BCUT2D eigenvalue weighted by Gasteiger charge is 2.49. The number of hydrogen-bond acceptors (Lipinski definition) is 5. The monoisotopic (exact) mass is 608 g/mol. The minimum atomic E-state index is -2.57. The Bertz CT molecular complexity index is 1540. The summed E-state index contributed by atoms with van der Waals surface area (Å²) < 4.78 is 40.5. The number of alkyl halides is 2. The van der Waals surface area contributed by atoms with Crippen LogP contribution in [0.25, 0.3) is 10.9 Å². The van der Waals surface area contributed by atoms with Gasteiger partial charge in [0.1, 0.15) is 11.2 Å². The number of ether oxygens (including phenoxy) is 2. The Kier molecular flexibility index (Phi) is 8.47. The van der Waals surface area contributed by atoms with Crippen LogP contribution in [0, 0.1) is 19.8 Å². The summed E-state index contributed by atoms with van der Waals surface area (Å²) in [5.41, 5.74) is 4.60. The molecule has 0 radical (unpaired) electrons. The highest BCUT2D eigenvalue weighted by atomic mass is 19.3. The first kappa shape index (κ1) is 32.1. The lowest BCUT2D eigenvalue weighted by Gasteiger charge is -2.48. The minimum absolute atomic E-state index is 0.0855. The molecule has 1 aromatic heterocycles. The lowest BCUT2D eigenvalue weighted by atomic mass is 9.74. The number of aryl methyl sites for hydroxylation is 2. The van der Waals surface area contributed by atoms with Crippen LogP contribution in [0.5, 0.6) is 0 Å². The van der Waals surface area contributed by atoms with Gasteiger partial charge in [-0.3, -0.25) is 9.47 Å². The van der Waals surface area contributed by atoms with Crippen molar-refractivity contribution in [3.63, 3.8) is 0 Å². The number of likely N-dealkylation sites (tertiary alicyclic amines) is 1. The summed E-state index contributed by atoms with van der Waals surface area (Å²) in [5, 5.41) is 1.04. The number of halogens is 2. The Morgan fingerprint density at radius 1 is 0.932 bits per heavy atom. The van der Waals surface area contributed by atoms with Crippen molar-refractivity contribution < 1.29 is 27.8 Å². The van der Waals surface area contributed by atoms with Gasteiger partial charge in [-0.15, -0.1) is 0 Å². The highest BCUT2D eigenvalue weighted by molar-refractivity contribution is 5.94. The maximum Gasteiger partial charge on any atom is 0.418 e. The van der Waals surface area contributed by atoms with E-state index in [4.69, 9.17) is 9.47 Å². The standard InChI is InChI=1S/C36H46F2N2O4/c1-22-17-23(2)31-28(14-16-40(31)33(42)44-35(6,7)8)29(22)18-26-13-15-39(27-19-36(37,38)20-27)21-30(26)24-9-11-25(12-10-24)32(41)43-34(3,4)5/h9-12,14,16-17,26-27,30H,13,15,18-21H2,1-8H3/t26-,30-/m0/s1. The molecule has 2 aliphatic rings. The molecule has 1 saturated heterocycles. The predicted octanol–water partition coefficient (Wildman–Crippen LogP) is 8.44. The van der Waals surface area contributed by atoms with E-state index in [1.54, 1.807) is 10.8 Å². The molecule has 3 aromatic rings. The number of nitrogens with zero attached hydrogens (tertiary/aromatic N) is 2. The smallest absolute Gasteiger partial charge is 0.418 e. The fourth-order valence-corrected chi connectivity index (χ4v) is 6.84. The van der Waals surface area contributed by atoms with Gasteiger partial charge < -0.3 is 9.47 Å². The summed E-state index contributed by atoms with van der Waals surface area (Å²) in [7, 11) is 0. The molecule has 8 heteroatoms. The van der Waals surface area contributed by atoms with Crippen molar-refractivity contribution in [2.45, 2.75) is 110 Å². The third kappa shape index (κ3) is 7.01. The van der Waals surface area contributed by atoms with Crippen molar-refractivity contribution in [1.82, 2.24) is 9.47 Å². The maximum atomic E-state index is 13.8. The van der Waals surface area contributed by atoms with Crippen molar-refractivity contribution in [1.29, 1.82) is 0 Å². The minimum Gasteiger partial charge on any atom is -0.456 e. The van der Waals surface area contributed by atoms with E-state index in [0.29, 0.717) is 12.1 Å². The Morgan fingerprint density at radius 2 is 1.57 bits per heavy atom. The molecule has 2 heterocycles.